The van der Waals surface area contributed by atoms with E-state index >= 15 is 0 Å². The molecule has 92 valence electrons. The lowest BCUT2D eigenvalue weighted by Gasteiger charge is -2.08. The van der Waals surface area contributed by atoms with Crippen molar-refractivity contribution in [1.29, 1.82) is 0 Å². The first-order valence-corrected chi connectivity index (χ1v) is 5.55. The number of aliphatic carboxylic acids is 1. The molecule has 0 aliphatic heterocycles. The Labute approximate surface area is 104 Å². The predicted octanol–water partition coefficient (Wildman–Crippen LogP) is 2.14. The second-order valence-corrected chi connectivity index (χ2v) is 4.16. The van der Waals surface area contributed by atoms with Gasteiger partial charge in [0.25, 0.3) is 0 Å². The van der Waals surface area contributed by atoms with Gasteiger partial charge in [0.05, 0.1) is 6.10 Å². The molecule has 0 radical (unpaired) electrons. The molecule has 1 atom stereocenters. The largest absolute Gasteiger partial charge is 0.481 e. The fourth-order valence-electron chi connectivity index (χ4n) is 1.36. The highest BCUT2D eigenvalue weighted by atomic mass is 35.5. The summed E-state index contributed by atoms with van der Waals surface area (Å²) in [7, 11) is 0. The second-order valence-electron chi connectivity index (χ2n) is 3.72. The molecule has 0 heterocycles. The molecule has 5 heteroatoms. The maximum atomic E-state index is 11.7. The maximum Gasteiger partial charge on any atom is 0.303 e. The summed E-state index contributed by atoms with van der Waals surface area (Å²) in [6.07, 6.45) is -1.06. The number of halogens is 1. The Morgan fingerprint density at radius 2 is 1.82 bits per heavy atom. The lowest BCUT2D eigenvalue weighted by molar-refractivity contribution is -0.137. The number of benzene rings is 1. The lowest BCUT2D eigenvalue weighted by atomic mass is 10.0. The summed E-state index contributed by atoms with van der Waals surface area (Å²) >= 11 is 5.68. The summed E-state index contributed by atoms with van der Waals surface area (Å²) < 4.78 is 0. The van der Waals surface area contributed by atoms with Gasteiger partial charge in [-0.3, -0.25) is 9.59 Å². The van der Waals surface area contributed by atoms with Crippen molar-refractivity contribution in [2.24, 2.45) is 0 Å². The topological polar surface area (TPSA) is 74.6 Å². The molecule has 2 N–H and O–H groups in total. The van der Waals surface area contributed by atoms with E-state index in [1.54, 1.807) is 24.3 Å². The summed E-state index contributed by atoms with van der Waals surface area (Å²) in [4.78, 5) is 21.9. The van der Waals surface area contributed by atoms with Crippen molar-refractivity contribution < 1.29 is 19.8 Å². The van der Waals surface area contributed by atoms with Crippen molar-refractivity contribution in [3.8, 4) is 0 Å². The van der Waals surface area contributed by atoms with Crippen LogP contribution in [-0.4, -0.2) is 28.1 Å². The van der Waals surface area contributed by atoms with E-state index in [9.17, 15) is 14.7 Å². The van der Waals surface area contributed by atoms with E-state index in [1.165, 1.54) is 0 Å². The first-order chi connectivity index (χ1) is 7.99. The molecule has 0 aromatic heterocycles. The van der Waals surface area contributed by atoms with Gasteiger partial charge in [0.2, 0.25) is 0 Å². The summed E-state index contributed by atoms with van der Waals surface area (Å²) in [5.74, 6) is -1.21. The van der Waals surface area contributed by atoms with Crippen LogP contribution in [0, 0.1) is 0 Å². The minimum absolute atomic E-state index is 0.0745. The van der Waals surface area contributed by atoms with Gasteiger partial charge in [-0.25, -0.2) is 0 Å². The number of ketones is 1. The minimum Gasteiger partial charge on any atom is -0.481 e. The van der Waals surface area contributed by atoms with Crippen LogP contribution < -0.4 is 0 Å². The van der Waals surface area contributed by atoms with E-state index in [1.807, 2.05) is 0 Å². The summed E-state index contributed by atoms with van der Waals surface area (Å²) in [5, 5.41) is 18.4. The van der Waals surface area contributed by atoms with Crippen molar-refractivity contribution in [1.82, 2.24) is 0 Å². The molecule has 1 rings (SSSR count). The Morgan fingerprint density at radius 3 is 2.35 bits per heavy atom. The van der Waals surface area contributed by atoms with Crippen LogP contribution in [0.25, 0.3) is 0 Å². The van der Waals surface area contributed by atoms with Gasteiger partial charge in [0.15, 0.2) is 5.78 Å². The molecule has 0 aliphatic rings. The maximum absolute atomic E-state index is 11.7. The molecule has 0 spiro atoms. The zero-order chi connectivity index (χ0) is 12.8. The summed E-state index contributed by atoms with van der Waals surface area (Å²) in [5.41, 5.74) is 0.462. The number of rotatable bonds is 6. The molecule has 0 saturated carbocycles. The molecule has 0 amide bonds. The number of Topliss-reactive ketones (excluding diaryl/α,β-unsaturated/α-hetero) is 1. The van der Waals surface area contributed by atoms with Gasteiger partial charge in [-0.1, -0.05) is 11.6 Å². The van der Waals surface area contributed by atoms with E-state index in [0.717, 1.165) is 0 Å². The number of carboxylic acids is 1. The van der Waals surface area contributed by atoms with Crippen molar-refractivity contribution in [2.75, 3.05) is 0 Å². The summed E-state index contributed by atoms with van der Waals surface area (Å²) in [6.45, 7) is 0. The summed E-state index contributed by atoms with van der Waals surface area (Å²) in [6, 6.07) is 6.35. The number of carboxylic acid groups (broad SMARTS) is 1. The average Bonchev–Trinajstić information content (AvgIpc) is 2.27. The highest BCUT2D eigenvalue weighted by molar-refractivity contribution is 6.30. The quantitative estimate of drug-likeness (QED) is 0.765. The first kappa shape index (κ1) is 13.7. The van der Waals surface area contributed by atoms with E-state index in [-0.39, 0.29) is 25.0 Å². The van der Waals surface area contributed by atoms with Gasteiger partial charge in [-0.05, 0) is 30.7 Å². The second kappa shape index (κ2) is 6.37. The van der Waals surface area contributed by atoms with Gasteiger partial charge < -0.3 is 10.2 Å². The van der Waals surface area contributed by atoms with Gasteiger partial charge in [-0.2, -0.15) is 0 Å². The van der Waals surface area contributed by atoms with Gasteiger partial charge in [0, 0.05) is 23.4 Å². The SMILES string of the molecule is O=C(O)CCC(O)CC(=O)c1ccc(Cl)cc1. The highest BCUT2D eigenvalue weighted by Crippen LogP contribution is 2.13. The van der Waals surface area contributed by atoms with Crippen molar-refractivity contribution in [3.63, 3.8) is 0 Å². The molecule has 0 bridgehead atoms. The number of carbonyl (C=O) groups is 2. The van der Waals surface area contributed by atoms with Crippen LogP contribution in [0.1, 0.15) is 29.6 Å². The van der Waals surface area contributed by atoms with Gasteiger partial charge in [-0.15, -0.1) is 0 Å². The molecule has 1 aromatic rings. The molecule has 17 heavy (non-hydrogen) atoms. The zero-order valence-electron chi connectivity index (χ0n) is 9.10. The van der Waals surface area contributed by atoms with Crippen molar-refractivity contribution in [2.45, 2.75) is 25.4 Å². The number of hydrogen-bond acceptors (Lipinski definition) is 3. The number of aliphatic hydroxyl groups is 1. The Morgan fingerprint density at radius 1 is 1.24 bits per heavy atom. The van der Waals surface area contributed by atoms with Gasteiger partial charge >= 0.3 is 5.97 Å². The van der Waals surface area contributed by atoms with Crippen molar-refractivity contribution >= 4 is 23.4 Å². The van der Waals surface area contributed by atoms with Crippen LogP contribution >= 0.6 is 11.6 Å². The average molecular weight is 257 g/mol. The number of aliphatic hydroxyl groups excluding tert-OH is 1. The third-order valence-electron chi connectivity index (χ3n) is 2.28. The molecule has 1 aromatic carbocycles. The third-order valence-corrected chi connectivity index (χ3v) is 2.53. The Kier molecular flexibility index (Phi) is 5.12. The van der Waals surface area contributed by atoms with E-state index in [4.69, 9.17) is 16.7 Å². The van der Waals surface area contributed by atoms with Crippen LogP contribution in [0.5, 0.6) is 0 Å². The monoisotopic (exact) mass is 256 g/mol. The molecular formula is C12H13ClO4. The predicted molar refractivity (Wildman–Crippen MR) is 63.3 cm³/mol. The normalized spacial score (nSPS) is 12.1. The van der Waals surface area contributed by atoms with Crippen molar-refractivity contribution in [3.05, 3.63) is 34.9 Å². The third kappa shape index (κ3) is 4.97. The van der Waals surface area contributed by atoms with Crippen LogP contribution in [0.3, 0.4) is 0 Å². The fraction of sp³-hybridized carbons (Fsp3) is 0.333. The van der Waals surface area contributed by atoms with Crippen LogP contribution in [0.4, 0.5) is 0 Å². The molecule has 0 fully saturated rings. The van der Waals surface area contributed by atoms with Crippen LogP contribution in [-0.2, 0) is 4.79 Å². The molecule has 4 nitrogen and oxygen atoms in total. The standard InChI is InChI=1S/C12H13ClO4/c13-9-3-1-8(2-4-9)11(15)7-10(14)5-6-12(16)17/h1-4,10,14H,5-7H2,(H,16,17). The van der Waals surface area contributed by atoms with Gasteiger partial charge in [0.1, 0.15) is 0 Å². The van der Waals surface area contributed by atoms with E-state index in [2.05, 4.69) is 0 Å². The number of carbonyl (C=O) groups excluding carboxylic acids is 1. The Balaban J connectivity index is 2.48. The fourth-order valence-corrected chi connectivity index (χ4v) is 1.49. The first-order valence-electron chi connectivity index (χ1n) is 5.17. The van der Waals surface area contributed by atoms with E-state index in [0.29, 0.717) is 10.6 Å². The van der Waals surface area contributed by atoms with E-state index < -0.39 is 12.1 Å². The molecule has 0 saturated heterocycles. The lowest BCUT2D eigenvalue weighted by Crippen LogP contribution is -2.15. The van der Waals surface area contributed by atoms with Crippen LogP contribution in [0.15, 0.2) is 24.3 Å². The van der Waals surface area contributed by atoms with Crippen LogP contribution in [0.2, 0.25) is 5.02 Å². The molecule has 0 aliphatic carbocycles. The molecular weight excluding hydrogens is 244 g/mol. The zero-order valence-corrected chi connectivity index (χ0v) is 9.85. The smallest absolute Gasteiger partial charge is 0.303 e. The Bertz CT molecular complexity index is 399. The highest BCUT2D eigenvalue weighted by Gasteiger charge is 2.13. The molecule has 1 unspecified atom stereocenters. The number of hydrogen-bond donors (Lipinski definition) is 2. The minimum atomic E-state index is -0.983. The Hall–Kier alpha value is -1.39.